The van der Waals surface area contributed by atoms with Gasteiger partial charge in [0.15, 0.2) is 0 Å². The van der Waals surface area contributed by atoms with Gasteiger partial charge in [0.05, 0.1) is 13.0 Å². The second-order valence-electron chi connectivity index (χ2n) is 5.32. The van der Waals surface area contributed by atoms with E-state index in [4.69, 9.17) is 15.6 Å². The molecule has 4 N–H and O–H groups in total. The summed E-state index contributed by atoms with van der Waals surface area (Å²) >= 11 is 0. The number of ether oxygens (including phenoxy) is 1. The van der Waals surface area contributed by atoms with Gasteiger partial charge in [0.25, 0.3) is 0 Å². The third kappa shape index (κ3) is 7.44. The molecule has 5 nitrogen and oxygen atoms in total. The number of carbonyl (C=O) groups is 1. The van der Waals surface area contributed by atoms with Crippen LogP contribution < -0.4 is 15.8 Å². The van der Waals surface area contributed by atoms with Crippen LogP contribution in [0.2, 0.25) is 0 Å². The molecule has 2 aromatic carbocycles. The van der Waals surface area contributed by atoms with Crippen LogP contribution >= 0.6 is 0 Å². The van der Waals surface area contributed by atoms with Crippen molar-refractivity contribution in [2.75, 3.05) is 27.7 Å². The predicted molar refractivity (Wildman–Crippen MR) is 101 cm³/mol. The van der Waals surface area contributed by atoms with Gasteiger partial charge in [0.2, 0.25) is 0 Å². The summed E-state index contributed by atoms with van der Waals surface area (Å²) in [6.45, 7) is 4.56. The predicted octanol–water partition coefficient (Wildman–Crippen LogP) is 3.23. The SMILES string of the molecule is CCCN.CNC.COc1ccc2cc([C@H](C)C(=O)O)ccc2c1. The Morgan fingerprint density at radius 3 is 2.17 bits per heavy atom. The average molecular weight is 334 g/mol. The molecule has 0 saturated heterocycles. The van der Waals surface area contributed by atoms with Gasteiger partial charge in [0, 0.05) is 0 Å². The molecule has 134 valence electrons. The molecule has 0 aliphatic rings. The Balaban J connectivity index is 0.000000648. The molecule has 0 bridgehead atoms. The summed E-state index contributed by atoms with van der Waals surface area (Å²) in [5.74, 6) is -0.490. The summed E-state index contributed by atoms with van der Waals surface area (Å²) in [7, 11) is 5.38. The molecule has 1 atom stereocenters. The fraction of sp³-hybridized carbons (Fsp3) is 0.421. The van der Waals surface area contributed by atoms with Crippen LogP contribution in [0, 0.1) is 0 Å². The minimum absolute atomic E-state index is 0.485. The number of fused-ring (bicyclic) bond motifs is 1. The first-order valence-corrected chi connectivity index (χ1v) is 8.04. The van der Waals surface area contributed by atoms with Gasteiger partial charge in [-0.15, -0.1) is 0 Å². The van der Waals surface area contributed by atoms with E-state index in [1.54, 1.807) is 14.0 Å². The Bertz CT molecular complexity index is 613. The second kappa shape index (κ2) is 12.3. The summed E-state index contributed by atoms with van der Waals surface area (Å²) < 4.78 is 5.14. The Kier molecular flexibility index (Phi) is 11.2. The van der Waals surface area contributed by atoms with E-state index >= 15 is 0 Å². The first kappa shape index (κ1) is 21.9. The molecule has 0 amide bonds. The number of rotatable bonds is 4. The van der Waals surface area contributed by atoms with Crippen molar-refractivity contribution in [3.05, 3.63) is 42.0 Å². The van der Waals surface area contributed by atoms with Gasteiger partial charge >= 0.3 is 5.97 Å². The first-order chi connectivity index (χ1) is 11.4. The number of methoxy groups -OCH3 is 1. The highest BCUT2D eigenvalue weighted by Crippen LogP contribution is 2.25. The van der Waals surface area contributed by atoms with Crippen molar-refractivity contribution in [3.8, 4) is 5.75 Å². The maximum absolute atomic E-state index is 10.9. The number of nitrogens with one attached hydrogen (secondary N) is 1. The lowest BCUT2D eigenvalue weighted by molar-refractivity contribution is -0.138. The minimum Gasteiger partial charge on any atom is -0.497 e. The van der Waals surface area contributed by atoms with Crippen LogP contribution in [0.4, 0.5) is 0 Å². The fourth-order valence-corrected chi connectivity index (χ4v) is 1.78. The first-order valence-electron chi connectivity index (χ1n) is 8.04. The van der Waals surface area contributed by atoms with Crippen LogP contribution in [0.15, 0.2) is 36.4 Å². The van der Waals surface area contributed by atoms with E-state index in [1.165, 1.54) is 0 Å². The Morgan fingerprint density at radius 2 is 1.71 bits per heavy atom. The highest BCUT2D eigenvalue weighted by Gasteiger charge is 2.13. The highest BCUT2D eigenvalue weighted by molar-refractivity contribution is 5.86. The van der Waals surface area contributed by atoms with E-state index in [0.717, 1.165) is 35.1 Å². The van der Waals surface area contributed by atoms with Crippen molar-refractivity contribution in [3.63, 3.8) is 0 Å². The van der Waals surface area contributed by atoms with Crippen molar-refractivity contribution >= 4 is 16.7 Å². The van der Waals surface area contributed by atoms with Gasteiger partial charge in [-0.1, -0.05) is 31.2 Å². The lowest BCUT2D eigenvalue weighted by Crippen LogP contribution is -2.06. The average Bonchev–Trinajstić information content (AvgIpc) is 2.60. The van der Waals surface area contributed by atoms with Crippen molar-refractivity contribution in [2.24, 2.45) is 5.73 Å². The van der Waals surface area contributed by atoms with Crippen LogP contribution in [0.3, 0.4) is 0 Å². The van der Waals surface area contributed by atoms with Crippen LogP contribution in [-0.2, 0) is 4.79 Å². The van der Waals surface area contributed by atoms with Gasteiger partial charge in [-0.05, 0) is 62.5 Å². The van der Waals surface area contributed by atoms with Crippen LogP contribution in [0.1, 0.15) is 31.7 Å². The number of carboxylic acid groups (broad SMARTS) is 1. The van der Waals surface area contributed by atoms with Crippen LogP contribution in [-0.4, -0.2) is 38.8 Å². The molecule has 0 heterocycles. The van der Waals surface area contributed by atoms with Crippen molar-refractivity contribution < 1.29 is 14.6 Å². The van der Waals surface area contributed by atoms with Gasteiger partial charge < -0.3 is 20.9 Å². The number of nitrogens with two attached hydrogens (primary N) is 1. The molecule has 0 fully saturated rings. The molecule has 24 heavy (non-hydrogen) atoms. The van der Waals surface area contributed by atoms with E-state index in [1.807, 2.05) is 50.5 Å². The standard InChI is InChI=1S/C14H14O3.C3H9N.C2H7N/c1-9(14(15)16)10-3-4-12-8-13(17-2)6-5-11(12)7-10;1-2-3-4;1-3-2/h3-9H,1-2H3,(H,15,16);2-4H2,1H3;3H,1-2H3/t9-;;/m0../s1. The molecule has 0 saturated carbocycles. The van der Waals surface area contributed by atoms with E-state index in [9.17, 15) is 4.79 Å². The van der Waals surface area contributed by atoms with Gasteiger partial charge in [-0.2, -0.15) is 0 Å². The lowest BCUT2D eigenvalue weighted by atomic mass is 9.98. The minimum atomic E-state index is -0.808. The summed E-state index contributed by atoms with van der Waals surface area (Å²) in [5.41, 5.74) is 5.84. The third-order valence-corrected chi connectivity index (χ3v) is 3.23. The van der Waals surface area contributed by atoms with Gasteiger partial charge in [0.1, 0.15) is 5.75 Å². The van der Waals surface area contributed by atoms with E-state index < -0.39 is 11.9 Å². The highest BCUT2D eigenvalue weighted by atomic mass is 16.5. The molecule has 0 aliphatic carbocycles. The molecular formula is C19H30N2O3. The summed E-state index contributed by atoms with van der Waals surface area (Å²) in [6, 6.07) is 11.4. The molecule has 2 aromatic rings. The zero-order chi connectivity index (χ0) is 18.5. The van der Waals surface area contributed by atoms with Gasteiger partial charge in [-0.3, -0.25) is 4.79 Å². The molecule has 5 heteroatoms. The van der Waals surface area contributed by atoms with E-state index in [2.05, 4.69) is 12.2 Å². The van der Waals surface area contributed by atoms with Gasteiger partial charge in [-0.25, -0.2) is 0 Å². The van der Waals surface area contributed by atoms with E-state index in [-0.39, 0.29) is 0 Å². The summed E-state index contributed by atoms with van der Waals surface area (Å²) in [4.78, 5) is 10.9. The quantitative estimate of drug-likeness (QED) is 0.799. The zero-order valence-corrected chi connectivity index (χ0v) is 15.3. The number of hydrogen-bond donors (Lipinski definition) is 3. The monoisotopic (exact) mass is 334 g/mol. The molecule has 0 unspecified atom stereocenters. The number of benzene rings is 2. The topological polar surface area (TPSA) is 84.6 Å². The molecule has 0 aliphatic heterocycles. The smallest absolute Gasteiger partial charge is 0.310 e. The Morgan fingerprint density at radius 1 is 1.21 bits per heavy atom. The van der Waals surface area contributed by atoms with E-state index in [0.29, 0.717) is 0 Å². The Labute approximate surface area is 144 Å². The molecule has 2 rings (SSSR count). The third-order valence-electron chi connectivity index (χ3n) is 3.23. The molecule has 0 radical (unpaired) electrons. The molecular weight excluding hydrogens is 304 g/mol. The maximum atomic E-state index is 10.9. The fourth-order valence-electron chi connectivity index (χ4n) is 1.78. The lowest BCUT2D eigenvalue weighted by Gasteiger charge is -2.08. The number of hydrogen-bond acceptors (Lipinski definition) is 4. The van der Waals surface area contributed by atoms with Crippen molar-refractivity contribution in [1.29, 1.82) is 0 Å². The van der Waals surface area contributed by atoms with Crippen molar-refractivity contribution in [2.45, 2.75) is 26.2 Å². The normalized spacial score (nSPS) is 10.8. The van der Waals surface area contributed by atoms with Crippen LogP contribution in [0.25, 0.3) is 10.8 Å². The Hall–Kier alpha value is -2.11. The van der Waals surface area contributed by atoms with Crippen molar-refractivity contribution in [1.82, 2.24) is 5.32 Å². The second-order valence-corrected chi connectivity index (χ2v) is 5.32. The number of carboxylic acids is 1. The molecule has 0 aromatic heterocycles. The zero-order valence-electron chi connectivity index (χ0n) is 15.3. The van der Waals surface area contributed by atoms with Crippen LogP contribution in [0.5, 0.6) is 5.75 Å². The number of aliphatic carboxylic acids is 1. The molecule has 0 spiro atoms. The maximum Gasteiger partial charge on any atom is 0.310 e. The summed E-state index contributed by atoms with van der Waals surface area (Å²) in [6.07, 6.45) is 1.10. The largest absolute Gasteiger partial charge is 0.497 e. The summed E-state index contributed by atoms with van der Waals surface area (Å²) in [5, 5.41) is 13.8.